The number of carbonyl (C=O) groups is 1. The van der Waals surface area contributed by atoms with Gasteiger partial charge in [-0.15, -0.1) is 4.68 Å². The standard InChI is InChI=1S/C11H8ClN3O2/c12-9-3-1-2-8(6-9)11-13-7-15(14-11)5-4-10(16)17/h1-7H,(H,16,17)/p+1/b5-4-. The molecule has 17 heavy (non-hydrogen) atoms. The van der Waals surface area contributed by atoms with Crippen LogP contribution in [-0.4, -0.2) is 21.2 Å². The molecule has 1 aromatic heterocycles. The second kappa shape index (κ2) is 4.80. The van der Waals surface area contributed by atoms with Crippen LogP contribution in [0.4, 0.5) is 0 Å². The van der Waals surface area contributed by atoms with Crippen molar-refractivity contribution < 1.29 is 14.6 Å². The van der Waals surface area contributed by atoms with Crippen molar-refractivity contribution >= 4 is 23.8 Å². The van der Waals surface area contributed by atoms with Gasteiger partial charge < -0.3 is 5.11 Å². The zero-order chi connectivity index (χ0) is 12.3. The molecule has 0 saturated heterocycles. The molecule has 0 aliphatic rings. The molecule has 0 aliphatic carbocycles. The third-order valence-corrected chi connectivity index (χ3v) is 2.26. The minimum Gasteiger partial charge on any atom is -0.478 e. The lowest BCUT2D eigenvalue weighted by molar-refractivity contribution is -0.630. The molecule has 0 spiro atoms. The van der Waals surface area contributed by atoms with Gasteiger partial charge in [-0.2, -0.15) is 5.10 Å². The van der Waals surface area contributed by atoms with Crippen LogP contribution in [0, 0.1) is 0 Å². The molecular weight excluding hydrogens is 242 g/mol. The van der Waals surface area contributed by atoms with Gasteiger partial charge in [0.2, 0.25) is 0 Å². The number of carboxylic acid groups (broad SMARTS) is 1. The van der Waals surface area contributed by atoms with Crippen LogP contribution in [0.1, 0.15) is 0 Å². The second-order valence-electron chi connectivity index (χ2n) is 3.28. The zero-order valence-corrected chi connectivity index (χ0v) is 9.43. The number of aromatic amines is 1. The van der Waals surface area contributed by atoms with Gasteiger partial charge in [-0.05, 0) is 23.2 Å². The first-order chi connectivity index (χ1) is 8.15. The van der Waals surface area contributed by atoms with Crippen molar-refractivity contribution in [3.63, 3.8) is 0 Å². The highest BCUT2D eigenvalue weighted by atomic mass is 35.5. The van der Waals surface area contributed by atoms with Crippen LogP contribution in [-0.2, 0) is 4.79 Å². The lowest BCUT2D eigenvalue weighted by Gasteiger charge is -1.92. The first-order valence-corrected chi connectivity index (χ1v) is 5.16. The van der Waals surface area contributed by atoms with Crippen LogP contribution in [0.15, 0.2) is 36.7 Å². The summed E-state index contributed by atoms with van der Waals surface area (Å²) < 4.78 is 1.45. The fraction of sp³-hybridized carbons (Fsp3) is 0. The van der Waals surface area contributed by atoms with Gasteiger partial charge in [-0.1, -0.05) is 17.7 Å². The highest BCUT2D eigenvalue weighted by Crippen LogP contribution is 2.17. The van der Waals surface area contributed by atoms with Crippen molar-refractivity contribution in [1.29, 1.82) is 0 Å². The number of H-pyrrole nitrogens is 1. The Hall–Kier alpha value is -2.14. The number of halogens is 1. The molecule has 0 bridgehead atoms. The molecule has 0 aliphatic heterocycles. The summed E-state index contributed by atoms with van der Waals surface area (Å²) in [6.07, 6.45) is 3.86. The molecule has 0 saturated carbocycles. The minimum absolute atomic E-state index is 0.613. The number of nitrogens with zero attached hydrogens (tertiary/aromatic N) is 2. The van der Waals surface area contributed by atoms with Gasteiger partial charge in [0.1, 0.15) is 6.20 Å². The Labute approximate surface area is 102 Å². The molecule has 5 nitrogen and oxygen atoms in total. The molecule has 0 atom stereocenters. The van der Waals surface area contributed by atoms with E-state index in [4.69, 9.17) is 16.7 Å². The third kappa shape index (κ3) is 2.92. The number of rotatable bonds is 3. The van der Waals surface area contributed by atoms with E-state index in [1.165, 1.54) is 17.2 Å². The molecule has 0 unspecified atom stereocenters. The minimum atomic E-state index is -1.02. The van der Waals surface area contributed by atoms with E-state index in [1.807, 2.05) is 12.1 Å². The van der Waals surface area contributed by atoms with E-state index >= 15 is 0 Å². The lowest BCUT2D eigenvalue weighted by Crippen LogP contribution is -2.27. The summed E-state index contributed by atoms with van der Waals surface area (Å²) in [5, 5.41) is 12.0. The topological polar surface area (TPSA) is 69.9 Å². The van der Waals surface area contributed by atoms with E-state index < -0.39 is 5.97 Å². The number of hydrogen-bond donors (Lipinski definition) is 2. The number of carboxylic acids is 1. The highest BCUT2D eigenvalue weighted by molar-refractivity contribution is 6.30. The van der Waals surface area contributed by atoms with E-state index in [-0.39, 0.29) is 0 Å². The van der Waals surface area contributed by atoms with E-state index in [1.54, 1.807) is 12.1 Å². The van der Waals surface area contributed by atoms with Crippen LogP contribution in [0.3, 0.4) is 0 Å². The largest absolute Gasteiger partial charge is 0.478 e. The van der Waals surface area contributed by atoms with Gasteiger partial charge in [0.05, 0.1) is 6.08 Å². The maximum Gasteiger partial charge on any atom is 0.332 e. The van der Waals surface area contributed by atoms with Crippen LogP contribution < -0.4 is 4.68 Å². The predicted octanol–water partition coefficient (Wildman–Crippen LogP) is 1.57. The molecule has 2 rings (SSSR count). The summed E-state index contributed by atoms with van der Waals surface area (Å²) >= 11 is 5.86. The fourth-order valence-electron chi connectivity index (χ4n) is 1.29. The first kappa shape index (κ1) is 11.3. The summed E-state index contributed by atoms with van der Waals surface area (Å²) in [5.41, 5.74) is 0.833. The van der Waals surface area contributed by atoms with Crippen LogP contribution in [0.2, 0.25) is 5.02 Å². The maximum absolute atomic E-state index is 10.3. The zero-order valence-electron chi connectivity index (χ0n) is 8.67. The van der Waals surface area contributed by atoms with Crippen molar-refractivity contribution in [2.45, 2.75) is 0 Å². The SMILES string of the molecule is O=C(O)/C=C\[n+]1cnc(-c2cccc(Cl)c2)[nH]1. The Morgan fingerprint density at radius 3 is 3.06 bits per heavy atom. The Bertz CT molecular complexity index is 578. The van der Waals surface area contributed by atoms with E-state index in [2.05, 4.69) is 10.1 Å². The third-order valence-electron chi connectivity index (χ3n) is 2.02. The monoisotopic (exact) mass is 250 g/mol. The van der Waals surface area contributed by atoms with Gasteiger partial charge in [0.15, 0.2) is 0 Å². The number of aliphatic carboxylic acids is 1. The first-order valence-electron chi connectivity index (χ1n) is 4.78. The van der Waals surface area contributed by atoms with Crippen molar-refractivity contribution in [3.8, 4) is 11.4 Å². The molecule has 1 aromatic carbocycles. The molecule has 6 heteroatoms. The van der Waals surface area contributed by atoms with Crippen LogP contribution >= 0.6 is 11.6 Å². The van der Waals surface area contributed by atoms with Gasteiger partial charge in [-0.25, -0.2) is 4.79 Å². The van der Waals surface area contributed by atoms with E-state index in [9.17, 15) is 4.79 Å². The van der Waals surface area contributed by atoms with Crippen LogP contribution in [0.25, 0.3) is 17.6 Å². The molecular formula is C11H9ClN3O2+. The molecule has 0 radical (unpaired) electrons. The smallest absolute Gasteiger partial charge is 0.332 e. The predicted molar refractivity (Wildman–Crippen MR) is 62.2 cm³/mol. The molecule has 2 aromatic rings. The van der Waals surface area contributed by atoms with Crippen molar-refractivity contribution in [2.24, 2.45) is 0 Å². The van der Waals surface area contributed by atoms with Gasteiger partial charge in [0, 0.05) is 10.6 Å². The average Bonchev–Trinajstić information content (AvgIpc) is 2.75. The molecule has 0 fully saturated rings. The normalized spacial score (nSPS) is 10.9. The van der Waals surface area contributed by atoms with Gasteiger partial charge >= 0.3 is 12.3 Å². The Balaban J connectivity index is 2.27. The quantitative estimate of drug-likeness (QED) is 0.642. The maximum atomic E-state index is 10.3. The summed E-state index contributed by atoms with van der Waals surface area (Å²) in [6.45, 7) is 0. The summed E-state index contributed by atoms with van der Waals surface area (Å²) in [4.78, 5) is 14.5. The number of nitrogens with one attached hydrogen (secondary N) is 1. The summed E-state index contributed by atoms with van der Waals surface area (Å²) in [7, 11) is 0. The summed E-state index contributed by atoms with van der Waals surface area (Å²) in [5.74, 6) is -0.404. The lowest BCUT2D eigenvalue weighted by atomic mass is 10.2. The van der Waals surface area contributed by atoms with E-state index in [0.29, 0.717) is 10.8 Å². The summed E-state index contributed by atoms with van der Waals surface area (Å²) in [6, 6.07) is 7.21. The average molecular weight is 251 g/mol. The Kier molecular flexibility index (Phi) is 3.20. The number of benzene rings is 1. The highest BCUT2D eigenvalue weighted by Gasteiger charge is 2.09. The molecule has 1 heterocycles. The Morgan fingerprint density at radius 1 is 1.53 bits per heavy atom. The van der Waals surface area contributed by atoms with Crippen molar-refractivity contribution in [2.75, 3.05) is 0 Å². The van der Waals surface area contributed by atoms with Gasteiger partial charge in [-0.3, -0.25) is 0 Å². The molecule has 2 N–H and O–H groups in total. The Morgan fingerprint density at radius 2 is 2.35 bits per heavy atom. The van der Waals surface area contributed by atoms with Gasteiger partial charge in [0.25, 0.3) is 5.82 Å². The second-order valence-corrected chi connectivity index (χ2v) is 3.71. The van der Waals surface area contributed by atoms with Crippen molar-refractivity contribution in [1.82, 2.24) is 10.1 Å². The van der Waals surface area contributed by atoms with Crippen LogP contribution in [0.5, 0.6) is 0 Å². The van der Waals surface area contributed by atoms with Crippen molar-refractivity contribution in [3.05, 3.63) is 41.7 Å². The molecule has 86 valence electrons. The number of hydrogen-bond acceptors (Lipinski definition) is 2. The number of aromatic nitrogens is 3. The fourth-order valence-corrected chi connectivity index (χ4v) is 1.48. The molecule has 0 amide bonds. The van der Waals surface area contributed by atoms with E-state index in [0.717, 1.165) is 11.6 Å².